The van der Waals surface area contributed by atoms with Crippen molar-refractivity contribution in [2.75, 3.05) is 19.7 Å². The van der Waals surface area contributed by atoms with Crippen molar-refractivity contribution in [2.45, 2.75) is 57.2 Å². The van der Waals surface area contributed by atoms with E-state index in [9.17, 15) is 4.79 Å². The molecule has 8 heteroatoms. The van der Waals surface area contributed by atoms with Gasteiger partial charge in [-0.05, 0) is 75.4 Å². The standard InChI is InChI=1S/C20H30N4O2.2ClH/c25-19(20(4-5-20)13-24-7-1-6-22-24)23-17-8-15-10-21-11-16(15)9-18(17)26-12-14-2-3-14;;/h1,6-7,14-18,21H,2-5,8-13H2,(H,23,25);2*1H/t15-,16+,17-,18-;;/m0../s1. The molecule has 1 amide bonds. The first kappa shape index (κ1) is 21.9. The lowest BCUT2D eigenvalue weighted by molar-refractivity contribution is -0.130. The summed E-state index contributed by atoms with van der Waals surface area (Å²) in [4.78, 5) is 13.1. The number of halogens is 2. The van der Waals surface area contributed by atoms with Crippen molar-refractivity contribution >= 4 is 30.7 Å². The summed E-state index contributed by atoms with van der Waals surface area (Å²) in [5, 5.41) is 11.2. The smallest absolute Gasteiger partial charge is 0.228 e. The van der Waals surface area contributed by atoms with Gasteiger partial charge in [-0.25, -0.2) is 0 Å². The van der Waals surface area contributed by atoms with E-state index in [1.807, 2.05) is 16.9 Å². The number of nitrogens with zero attached hydrogens (tertiary/aromatic N) is 2. The van der Waals surface area contributed by atoms with E-state index in [4.69, 9.17) is 4.74 Å². The van der Waals surface area contributed by atoms with Crippen molar-refractivity contribution in [3.63, 3.8) is 0 Å². The van der Waals surface area contributed by atoms with Crippen molar-refractivity contribution in [1.82, 2.24) is 20.4 Å². The van der Waals surface area contributed by atoms with E-state index in [1.54, 1.807) is 6.20 Å². The fourth-order valence-corrected chi connectivity index (χ4v) is 4.79. The van der Waals surface area contributed by atoms with Crippen LogP contribution in [-0.2, 0) is 16.1 Å². The number of carbonyl (C=O) groups is 1. The first-order valence-corrected chi connectivity index (χ1v) is 10.3. The van der Waals surface area contributed by atoms with Gasteiger partial charge in [0.1, 0.15) is 0 Å². The van der Waals surface area contributed by atoms with Gasteiger partial charge in [0, 0.05) is 19.0 Å². The molecule has 0 radical (unpaired) electrons. The molecule has 2 N–H and O–H groups in total. The van der Waals surface area contributed by atoms with E-state index in [0.717, 1.165) is 51.3 Å². The van der Waals surface area contributed by atoms with Gasteiger partial charge in [0.15, 0.2) is 0 Å². The molecule has 1 aliphatic heterocycles. The highest BCUT2D eigenvalue weighted by molar-refractivity contribution is 5.86. The number of fused-ring (bicyclic) bond motifs is 1. The molecule has 1 aromatic heterocycles. The predicted octanol–water partition coefficient (Wildman–Crippen LogP) is 2.42. The Bertz CT molecular complexity index is 649. The van der Waals surface area contributed by atoms with Crippen molar-refractivity contribution in [1.29, 1.82) is 0 Å². The molecule has 3 saturated carbocycles. The molecule has 0 unspecified atom stereocenters. The number of nitrogens with one attached hydrogen (secondary N) is 2. The summed E-state index contributed by atoms with van der Waals surface area (Å²) in [6.45, 7) is 3.77. The molecular weight excluding hydrogens is 399 g/mol. The number of aromatic nitrogens is 2. The molecule has 4 aliphatic rings. The van der Waals surface area contributed by atoms with E-state index in [-0.39, 0.29) is 48.3 Å². The van der Waals surface area contributed by atoms with Crippen LogP contribution >= 0.6 is 24.8 Å². The second-order valence-corrected chi connectivity index (χ2v) is 9.03. The minimum Gasteiger partial charge on any atom is -0.376 e. The van der Waals surface area contributed by atoms with Gasteiger partial charge in [0.2, 0.25) is 5.91 Å². The summed E-state index contributed by atoms with van der Waals surface area (Å²) in [5.41, 5.74) is -0.252. The Hall–Kier alpha value is -0.820. The van der Waals surface area contributed by atoms with Crippen molar-refractivity contribution < 1.29 is 9.53 Å². The number of hydrogen-bond donors (Lipinski definition) is 2. The molecule has 158 valence electrons. The Balaban J connectivity index is 0.00000112. The Morgan fingerprint density at radius 3 is 2.61 bits per heavy atom. The zero-order chi connectivity index (χ0) is 17.6. The Morgan fingerprint density at radius 1 is 1.21 bits per heavy atom. The van der Waals surface area contributed by atoms with Crippen LogP contribution in [0, 0.1) is 23.2 Å². The summed E-state index contributed by atoms with van der Waals surface area (Å²) < 4.78 is 8.20. The van der Waals surface area contributed by atoms with E-state index in [1.165, 1.54) is 12.8 Å². The number of ether oxygens (including phenoxy) is 1. The lowest BCUT2D eigenvalue weighted by Crippen LogP contribution is -2.52. The van der Waals surface area contributed by atoms with E-state index >= 15 is 0 Å². The van der Waals surface area contributed by atoms with Crippen LogP contribution in [0.1, 0.15) is 38.5 Å². The number of rotatable bonds is 7. The zero-order valence-corrected chi connectivity index (χ0v) is 17.9. The number of amides is 1. The molecule has 5 rings (SSSR count). The third-order valence-corrected chi connectivity index (χ3v) is 6.94. The van der Waals surface area contributed by atoms with Crippen LogP contribution in [0.5, 0.6) is 0 Å². The van der Waals surface area contributed by atoms with Crippen LogP contribution in [0.3, 0.4) is 0 Å². The quantitative estimate of drug-likeness (QED) is 0.696. The predicted molar refractivity (Wildman–Crippen MR) is 112 cm³/mol. The van der Waals surface area contributed by atoms with Gasteiger partial charge in [0.25, 0.3) is 0 Å². The van der Waals surface area contributed by atoms with Gasteiger partial charge in [-0.2, -0.15) is 5.10 Å². The fraction of sp³-hybridized carbons (Fsp3) is 0.800. The SMILES string of the molecule is Cl.Cl.O=C(N[C@H]1C[C@H]2CNC[C@H]2C[C@@H]1OCC1CC1)C1(Cn2cccn2)CC1. The summed E-state index contributed by atoms with van der Waals surface area (Å²) in [6.07, 6.45) is 10.6. The van der Waals surface area contributed by atoms with Crippen LogP contribution in [0.4, 0.5) is 0 Å². The van der Waals surface area contributed by atoms with E-state index < -0.39 is 0 Å². The highest BCUT2D eigenvalue weighted by atomic mass is 35.5. The maximum absolute atomic E-state index is 13.1. The molecule has 0 bridgehead atoms. The van der Waals surface area contributed by atoms with Crippen LogP contribution in [0.25, 0.3) is 0 Å². The first-order chi connectivity index (χ1) is 12.7. The minimum absolute atomic E-state index is 0. The molecule has 1 aromatic rings. The van der Waals surface area contributed by atoms with Gasteiger partial charge < -0.3 is 15.4 Å². The highest BCUT2D eigenvalue weighted by Gasteiger charge is 2.52. The van der Waals surface area contributed by atoms with Gasteiger partial charge >= 0.3 is 0 Å². The van der Waals surface area contributed by atoms with Gasteiger partial charge in [0.05, 0.1) is 24.1 Å². The average molecular weight is 431 g/mol. The molecule has 28 heavy (non-hydrogen) atoms. The third kappa shape index (κ3) is 4.66. The van der Waals surface area contributed by atoms with E-state index in [2.05, 4.69) is 15.7 Å². The molecule has 6 nitrogen and oxygen atoms in total. The molecule has 4 fully saturated rings. The molecule has 1 saturated heterocycles. The Morgan fingerprint density at radius 2 is 1.96 bits per heavy atom. The summed E-state index contributed by atoms with van der Waals surface area (Å²) in [7, 11) is 0. The van der Waals surface area contributed by atoms with Gasteiger partial charge in [-0.3, -0.25) is 9.48 Å². The van der Waals surface area contributed by atoms with Crippen LogP contribution in [0.2, 0.25) is 0 Å². The maximum atomic E-state index is 13.1. The van der Waals surface area contributed by atoms with Crippen molar-refractivity contribution in [3.8, 4) is 0 Å². The monoisotopic (exact) mass is 430 g/mol. The number of hydrogen-bond acceptors (Lipinski definition) is 4. The topological polar surface area (TPSA) is 68.2 Å². The molecule has 4 atom stereocenters. The minimum atomic E-state index is -0.252. The molecule has 0 spiro atoms. The largest absolute Gasteiger partial charge is 0.376 e. The molecule has 2 heterocycles. The first-order valence-electron chi connectivity index (χ1n) is 10.3. The van der Waals surface area contributed by atoms with Crippen LogP contribution < -0.4 is 10.6 Å². The van der Waals surface area contributed by atoms with Crippen LogP contribution in [0.15, 0.2) is 18.5 Å². The van der Waals surface area contributed by atoms with Gasteiger partial charge in [-0.15, -0.1) is 24.8 Å². The second-order valence-electron chi connectivity index (χ2n) is 9.03. The summed E-state index contributed by atoms with van der Waals surface area (Å²) in [6, 6.07) is 2.09. The molecular formula is C20H32Cl2N4O2. The summed E-state index contributed by atoms with van der Waals surface area (Å²) in [5.74, 6) is 2.37. The van der Waals surface area contributed by atoms with Crippen molar-refractivity contribution in [3.05, 3.63) is 18.5 Å². The number of carbonyl (C=O) groups excluding carboxylic acids is 1. The second kappa shape index (κ2) is 8.90. The molecule has 0 aromatic carbocycles. The lowest BCUT2D eigenvalue weighted by Gasteiger charge is -2.39. The Labute approximate surface area is 179 Å². The van der Waals surface area contributed by atoms with Crippen molar-refractivity contribution in [2.24, 2.45) is 23.2 Å². The highest BCUT2D eigenvalue weighted by Crippen LogP contribution is 2.48. The van der Waals surface area contributed by atoms with E-state index in [0.29, 0.717) is 18.4 Å². The summed E-state index contributed by atoms with van der Waals surface area (Å²) >= 11 is 0. The van der Waals surface area contributed by atoms with Gasteiger partial charge in [-0.1, -0.05) is 0 Å². The normalized spacial score (nSPS) is 32.6. The maximum Gasteiger partial charge on any atom is 0.228 e. The average Bonchev–Trinajstić information content (AvgIpc) is 3.51. The lowest BCUT2D eigenvalue weighted by atomic mass is 9.77. The third-order valence-electron chi connectivity index (χ3n) is 6.94. The zero-order valence-electron chi connectivity index (χ0n) is 16.2. The molecule has 3 aliphatic carbocycles. The Kier molecular flexibility index (Phi) is 6.96. The fourth-order valence-electron chi connectivity index (χ4n) is 4.79. The van der Waals surface area contributed by atoms with Crippen LogP contribution in [-0.4, -0.2) is 47.5 Å².